The molecule has 1 aromatic carbocycles. The summed E-state index contributed by atoms with van der Waals surface area (Å²) in [4.78, 5) is 0. The Bertz CT molecular complexity index is 408. The van der Waals surface area contributed by atoms with Gasteiger partial charge < -0.3 is 9.47 Å². The molecule has 1 atom stereocenters. The Morgan fingerprint density at radius 3 is 2.30 bits per heavy atom. The third kappa shape index (κ3) is 5.38. The number of ether oxygens (including phenoxy) is 2. The Morgan fingerprint density at radius 1 is 1.15 bits per heavy atom. The molecule has 0 N–H and O–H groups in total. The van der Waals surface area contributed by atoms with Crippen LogP contribution in [-0.2, 0) is 4.74 Å². The number of hydrogen-bond donors (Lipinski definition) is 0. The van der Waals surface area contributed by atoms with E-state index in [0.717, 1.165) is 36.3 Å². The van der Waals surface area contributed by atoms with Gasteiger partial charge in [0.15, 0.2) is 0 Å². The maximum absolute atomic E-state index is 6.01. The number of hydrogen-bond acceptors (Lipinski definition) is 2. The van der Waals surface area contributed by atoms with E-state index in [-0.39, 0.29) is 0 Å². The molecule has 0 bridgehead atoms. The van der Waals surface area contributed by atoms with Crippen molar-refractivity contribution >= 4 is 5.57 Å². The van der Waals surface area contributed by atoms with Crippen LogP contribution in [0.1, 0.15) is 58.9 Å². The van der Waals surface area contributed by atoms with Crippen LogP contribution in [0.3, 0.4) is 0 Å². The van der Waals surface area contributed by atoms with E-state index in [1.165, 1.54) is 12.8 Å². The van der Waals surface area contributed by atoms with Gasteiger partial charge in [-0.3, -0.25) is 0 Å². The van der Waals surface area contributed by atoms with Gasteiger partial charge in [0.05, 0.1) is 6.61 Å². The van der Waals surface area contributed by atoms with Gasteiger partial charge >= 0.3 is 0 Å². The molecule has 1 unspecified atom stereocenters. The fourth-order valence-corrected chi connectivity index (χ4v) is 1.90. The molecule has 0 aliphatic rings. The van der Waals surface area contributed by atoms with E-state index in [0.29, 0.717) is 0 Å². The summed E-state index contributed by atoms with van der Waals surface area (Å²) in [6.07, 6.45) is 4.31. The molecule has 0 fully saturated rings. The minimum absolute atomic E-state index is 0.543. The van der Waals surface area contributed by atoms with Gasteiger partial charge in [-0.25, -0.2) is 0 Å². The van der Waals surface area contributed by atoms with Crippen molar-refractivity contribution in [2.75, 3.05) is 6.61 Å². The first-order valence-electron chi connectivity index (χ1n) is 7.59. The number of benzene rings is 1. The summed E-state index contributed by atoms with van der Waals surface area (Å²) in [5, 5.41) is 0. The maximum atomic E-state index is 6.01. The Labute approximate surface area is 123 Å². The molecule has 0 radical (unpaired) electrons. The largest absolute Gasteiger partial charge is 0.463 e. The zero-order chi connectivity index (χ0) is 15.0. The molecule has 0 heterocycles. The molecule has 20 heavy (non-hydrogen) atoms. The molecule has 2 heteroatoms. The summed E-state index contributed by atoms with van der Waals surface area (Å²) in [6, 6.07) is 8.02. The van der Waals surface area contributed by atoms with Crippen LogP contribution >= 0.6 is 0 Å². The van der Waals surface area contributed by atoms with Gasteiger partial charge in [0.1, 0.15) is 5.75 Å². The Kier molecular flexibility index (Phi) is 6.80. The van der Waals surface area contributed by atoms with Crippen molar-refractivity contribution in [3.63, 3.8) is 0 Å². The maximum Gasteiger partial charge on any atom is 0.207 e. The molecule has 0 aliphatic heterocycles. The lowest BCUT2D eigenvalue weighted by Gasteiger charge is -2.29. The zero-order valence-corrected chi connectivity index (χ0v) is 13.4. The molecule has 2 nitrogen and oxygen atoms in total. The lowest BCUT2D eigenvalue weighted by atomic mass is 10.1. The summed E-state index contributed by atoms with van der Waals surface area (Å²) >= 11 is 0. The van der Waals surface area contributed by atoms with Gasteiger partial charge in [0, 0.05) is 13.3 Å². The van der Waals surface area contributed by atoms with Crippen LogP contribution in [0.2, 0.25) is 0 Å². The fraction of sp³-hybridized carbons (Fsp3) is 0.556. The number of rotatable bonds is 9. The summed E-state index contributed by atoms with van der Waals surface area (Å²) in [5.74, 6) is 0.299. The highest BCUT2D eigenvalue weighted by atomic mass is 16.7. The molecular formula is C18H28O2. The van der Waals surface area contributed by atoms with Crippen molar-refractivity contribution in [3.05, 3.63) is 36.4 Å². The Hall–Kier alpha value is -1.28. The Morgan fingerprint density at radius 2 is 1.80 bits per heavy atom. The number of unbranched alkanes of at least 4 members (excludes halogenated alkanes) is 2. The summed E-state index contributed by atoms with van der Waals surface area (Å²) in [7, 11) is 0. The second kappa shape index (κ2) is 8.11. The zero-order valence-electron chi connectivity index (χ0n) is 13.4. The van der Waals surface area contributed by atoms with Crippen LogP contribution in [0.25, 0.3) is 5.57 Å². The minimum Gasteiger partial charge on any atom is -0.463 e. The van der Waals surface area contributed by atoms with E-state index in [1.54, 1.807) is 0 Å². The van der Waals surface area contributed by atoms with Gasteiger partial charge in [-0.15, -0.1) is 0 Å². The van der Waals surface area contributed by atoms with E-state index < -0.39 is 5.79 Å². The predicted molar refractivity (Wildman–Crippen MR) is 86.0 cm³/mol. The fourth-order valence-electron chi connectivity index (χ4n) is 1.90. The van der Waals surface area contributed by atoms with Crippen molar-refractivity contribution in [1.82, 2.24) is 0 Å². The van der Waals surface area contributed by atoms with Gasteiger partial charge in [0.25, 0.3) is 0 Å². The van der Waals surface area contributed by atoms with Crippen LogP contribution in [0.15, 0.2) is 30.8 Å². The van der Waals surface area contributed by atoms with Gasteiger partial charge in [-0.2, -0.15) is 0 Å². The van der Waals surface area contributed by atoms with Crippen LogP contribution < -0.4 is 4.74 Å². The van der Waals surface area contributed by atoms with Gasteiger partial charge in [-0.05, 0) is 31.0 Å². The highest BCUT2D eigenvalue weighted by molar-refractivity contribution is 5.61. The first-order valence-corrected chi connectivity index (χ1v) is 7.59. The molecule has 0 spiro atoms. The van der Waals surface area contributed by atoms with E-state index in [4.69, 9.17) is 9.47 Å². The second-order valence-electron chi connectivity index (χ2n) is 5.45. The topological polar surface area (TPSA) is 18.5 Å². The van der Waals surface area contributed by atoms with Gasteiger partial charge in [0.2, 0.25) is 5.79 Å². The van der Waals surface area contributed by atoms with E-state index in [9.17, 15) is 0 Å². The first kappa shape index (κ1) is 16.8. The minimum atomic E-state index is -0.543. The molecule has 112 valence electrons. The van der Waals surface area contributed by atoms with E-state index in [1.807, 2.05) is 38.1 Å². The average Bonchev–Trinajstić information content (AvgIpc) is 2.44. The normalized spacial score (nSPS) is 13.8. The van der Waals surface area contributed by atoms with E-state index >= 15 is 0 Å². The van der Waals surface area contributed by atoms with Crippen LogP contribution in [0.5, 0.6) is 5.75 Å². The van der Waals surface area contributed by atoms with Gasteiger partial charge in [-0.1, -0.05) is 51.0 Å². The summed E-state index contributed by atoms with van der Waals surface area (Å²) in [5.41, 5.74) is 2.20. The van der Waals surface area contributed by atoms with Crippen molar-refractivity contribution in [1.29, 1.82) is 0 Å². The summed E-state index contributed by atoms with van der Waals surface area (Å²) < 4.78 is 11.9. The smallest absolute Gasteiger partial charge is 0.207 e. The van der Waals surface area contributed by atoms with Crippen LogP contribution in [0.4, 0.5) is 0 Å². The molecule has 0 amide bonds. The van der Waals surface area contributed by atoms with Crippen LogP contribution in [0, 0.1) is 0 Å². The quantitative estimate of drug-likeness (QED) is 0.442. The summed E-state index contributed by atoms with van der Waals surface area (Å²) in [6.45, 7) is 13.0. The second-order valence-corrected chi connectivity index (χ2v) is 5.45. The molecular weight excluding hydrogens is 248 g/mol. The van der Waals surface area contributed by atoms with E-state index in [2.05, 4.69) is 20.4 Å². The predicted octanol–water partition coefficient (Wildman–Crippen LogP) is 5.43. The Balaban J connectivity index is 2.59. The van der Waals surface area contributed by atoms with Crippen LogP contribution in [-0.4, -0.2) is 12.4 Å². The molecule has 0 saturated heterocycles. The lowest BCUT2D eigenvalue weighted by molar-refractivity contribution is -0.172. The third-order valence-electron chi connectivity index (χ3n) is 3.48. The molecule has 0 aromatic heterocycles. The molecule has 0 aliphatic carbocycles. The van der Waals surface area contributed by atoms with Crippen molar-refractivity contribution in [3.8, 4) is 5.75 Å². The average molecular weight is 276 g/mol. The standard InChI is InChI=1S/C18H28O2/c1-6-8-9-14-19-18(5,7-2)20-17-12-10-16(11-13-17)15(3)4/h10-13H,3,6-9,14H2,1-2,4-5H3. The van der Waals surface area contributed by atoms with Crippen molar-refractivity contribution in [2.24, 2.45) is 0 Å². The molecule has 0 saturated carbocycles. The third-order valence-corrected chi connectivity index (χ3v) is 3.48. The SMILES string of the molecule is C=C(C)c1ccc(OC(C)(CC)OCCCCC)cc1. The highest BCUT2D eigenvalue weighted by Gasteiger charge is 2.24. The highest BCUT2D eigenvalue weighted by Crippen LogP contribution is 2.24. The lowest BCUT2D eigenvalue weighted by Crippen LogP contribution is -2.35. The first-order chi connectivity index (χ1) is 9.50. The monoisotopic (exact) mass is 276 g/mol. The van der Waals surface area contributed by atoms with Crippen molar-refractivity contribution < 1.29 is 9.47 Å². The van der Waals surface area contributed by atoms with Crippen molar-refractivity contribution in [2.45, 2.75) is 59.2 Å². The molecule has 1 aromatic rings. The molecule has 1 rings (SSSR count). The number of allylic oxidation sites excluding steroid dienone is 1.